The predicted molar refractivity (Wildman–Crippen MR) is 99.3 cm³/mol. The first-order chi connectivity index (χ1) is 11.7. The maximum atomic E-state index is 10.2. The minimum atomic E-state index is 0.220. The second-order valence-corrected chi connectivity index (χ2v) is 6.04. The number of fused-ring (bicyclic) bond motifs is 1. The van der Waals surface area contributed by atoms with Crippen LogP contribution in [-0.2, 0) is 0 Å². The van der Waals surface area contributed by atoms with Gasteiger partial charge >= 0.3 is 0 Å². The number of pyridine rings is 1. The molecule has 0 amide bonds. The molecule has 1 heterocycles. The summed E-state index contributed by atoms with van der Waals surface area (Å²) in [6.45, 7) is 0. The van der Waals surface area contributed by atoms with Gasteiger partial charge in [-0.15, -0.1) is 0 Å². The molecule has 3 aromatic carbocycles. The number of benzene rings is 3. The smallest absolute Gasteiger partial charge is 0.124 e. The fourth-order valence-corrected chi connectivity index (χ4v) is 3.05. The Morgan fingerprint density at radius 3 is 2.29 bits per heavy atom. The number of aromatic nitrogens is 1. The van der Waals surface area contributed by atoms with Gasteiger partial charge in [0.2, 0.25) is 0 Å². The van der Waals surface area contributed by atoms with Crippen LogP contribution in [0.2, 0.25) is 5.02 Å². The van der Waals surface area contributed by atoms with Crippen molar-refractivity contribution in [3.8, 4) is 28.1 Å². The van der Waals surface area contributed by atoms with Crippen LogP contribution in [0, 0.1) is 0 Å². The van der Waals surface area contributed by atoms with Crippen LogP contribution >= 0.6 is 11.6 Å². The van der Waals surface area contributed by atoms with Gasteiger partial charge in [0.25, 0.3) is 0 Å². The fraction of sp³-hybridized carbons (Fsp3) is 0. The van der Waals surface area contributed by atoms with Gasteiger partial charge in [-0.1, -0.05) is 54.1 Å². The Labute approximate surface area is 145 Å². The molecule has 0 bridgehead atoms. The maximum absolute atomic E-state index is 10.2. The Morgan fingerprint density at radius 2 is 1.50 bits per heavy atom. The van der Waals surface area contributed by atoms with Gasteiger partial charge in [-0.2, -0.15) is 0 Å². The van der Waals surface area contributed by atoms with E-state index in [4.69, 9.17) is 16.6 Å². The van der Waals surface area contributed by atoms with Crippen molar-refractivity contribution in [1.82, 2.24) is 4.98 Å². The second-order valence-electron chi connectivity index (χ2n) is 5.60. The first kappa shape index (κ1) is 14.7. The van der Waals surface area contributed by atoms with E-state index in [0.29, 0.717) is 10.6 Å². The van der Waals surface area contributed by atoms with E-state index in [2.05, 4.69) is 12.1 Å². The summed E-state index contributed by atoms with van der Waals surface area (Å²) in [6, 6.07) is 25.0. The van der Waals surface area contributed by atoms with Crippen LogP contribution in [-0.4, -0.2) is 10.1 Å². The molecule has 0 saturated carbocycles. The number of halogens is 1. The monoisotopic (exact) mass is 331 g/mol. The number of phenols is 1. The molecular formula is C21H14ClNO. The maximum Gasteiger partial charge on any atom is 0.124 e. The molecule has 4 aromatic rings. The summed E-state index contributed by atoms with van der Waals surface area (Å²) < 4.78 is 0. The van der Waals surface area contributed by atoms with Crippen molar-refractivity contribution in [3.63, 3.8) is 0 Å². The molecule has 0 spiro atoms. The average molecular weight is 332 g/mol. The zero-order valence-corrected chi connectivity index (χ0v) is 13.5. The molecule has 0 aliphatic heterocycles. The SMILES string of the molecule is Oc1ccccc1-c1cc(-c2ccccc2)c2cc(Cl)ccc2n1. The highest BCUT2D eigenvalue weighted by Crippen LogP contribution is 2.35. The van der Waals surface area contributed by atoms with Crippen LogP contribution in [0.15, 0.2) is 78.9 Å². The lowest BCUT2D eigenvalue weighted by atomic mass is 9.98. The van der Waals surface area contributed by atoms with E-state index in [1.165, 1.54) is 0 Å². The molecule has 24 heavy (non-hydrogen) atoms. The minimum absolute atomic E-state index is 0.220. The summed E-state index contributed by atoms with van der Waals surface area (Å²) in [5.41, 5.74) is 4.43. The van der Waals surface area contributed by atoms with E-state index < -0.39 is 0 Å². The minimum Gasteiger partial charge on any atom is -0.507 e. The van der Waals surface area contributed by atoms with E-state index in [1.54, 1.807) is 12.1 Å². The lowest BCUT2D eigenvalue weighted by Gasteiger charge is -2.11. The van der Waals surface area contributed by atoms with Crippen LogP contribution in [0.4, 0.5) is 0 Å². The number of nitrogens with zero attached hydrogens (tertiary/aromatic N) is 1. The summed E-state index contributed by atoms with van der Waals surface area (Å²) in [7, 11) is 0. The highest BCUT2D eigenvalue weighted by molar-refractivity contribution is 6.31. The van der Waals surface area contributed by atoms with Crippen LogP contribution in [0.25, 0.3) is 33.3 Å². The largest absolute Gasteiger partial charge is 0.507 e. The summed E-state index contributed by atoms with van der Waals surface area (Å²) >= 11 is 6.19. The van der Waals surface area contributed by atoms with Gasteiger partial charge in [0.05, 0.1) is 11.2 Å². The topological polar surface area (TPSA) is 33.1 Å². The van der Waals surface area contributed by atoms with Crippen molar-refractivity contribution in [2.45, 2.75) is 0 Å². The Morgan fingerprint density at radius 1 is 0.750 bits per heavy atom. The number of hydrogen-bond donors (Lipinski definition) is 1. The molecular weight excluding hydrogens is 318 g/mol. The molecule has 0 aliphatic rings. The van der Waals surface area contributed by atoms with Crippen molar-refractivity contribution < 1.29 is 5.11 Å². The molecule has 0 radical (unpaired) electrons. The number of rotatable bonds is 2. The first-order valence-corrected chi connectivity index (χ1v) is 8.04. The Balaban J connectivity index is 2.05. The fourth-order valence-electron chi connectivity index (χ4n) is 2.88. The molecule has 0 aliphatic carbocycles. The molecule has 0 fully saturated rings. The number of para-hydroxylation sites is 1. The van der Waals surface area contributed by atoms with Gasteiger partial charge in [-0.3, -0.25) is 0 Å². The van der Waals surface area contributed by atoms with Crippen LogP contribution in [0.1, 0.15) is 0 Å². The molecule has 4 rings (SSSR count). The van der Waals surface area contributed by atoms with Gasteiger partial charge in [-0.05, 0) is 47.5 Å². The van der Waals surface area contributed by atoms with E-state index in [0.717, 1.165) is 27.7 Å². The quantitative estimate of drug-likeness (QED) is 0.494. The van der Waals surface area contributed by atoms with Crippen LogP contribution < -0.4 is 0 Å². The lowest BCUT2D eigenvalue weighted by molar-refractivity contribution is 0.477. The van der Waals surface area contributed by atoms with E-state index >= 15 is 0 Å². The summed E-state index contributed by atoms with van der Waals surface area (Å²) in [6.07, 6.45) is 0. The molecule has 3 heteroatoms. The predicted octanol–water partition coefficient (Wildman–Crippen LogP) is 5.93. The Hall–Kier alpha value is -2.84. The Bertz CT molecular complexity index is 1030. The third-order valence-corrected chi connectivity index (χ3v) is 4.27. The zero-order chi connectivity index (χ0) is 16.5. The van der Waals surface area contributed by atoms with Gasteiger partial charge in [0.1, 0.15) is 5.75 Å². The van der Waals surface area contributed by atoms with Gasteiger partial charge in [0.15, 0.2) is 0 Å². The number of phenolic OH excluding ortho intramolecular Hbond substituents is 1. The number of hydrogen-bond acceptors (Lipinski definition) is 2. The Kier molecular flexibility index (Phi) is 3.68. The zero-order valence-electron chi connectivity index (χ0n) is 12.8. The van der Waals surface area contributed by atoms with Crippen molar-refractivity contribution in [1.29, 1.82) is 0 Å². The highest BCUT2D eigenvalue weighted by Gasteiger charge is 2.12. The van der Waals surface area contributed by atoms with Crippen molar-refractivity contribution in [2.75, 3.05) is 0 Å². The second kappa shape index (κ2) is 5.99. The normalized spacial score (nSPS) is 10.9. The average Bonchev–Trinajstić information content (AvgIpc) is 2.62. The van der Waals surface area contributed by atoms with Crippen molar-refractivity contribution >= 4 is 22.5 Å². The van der Waals surface area contributed by atoms with Gasteiger partial charge < -0.3 is 5.11 Å². The van der Waals surface area contributed by atoms with Gasteiger partial charge in [0, 0.05) is 16.0 Å². The van der Waals surface area contributed by atoms with Crippen LogP contribution in [0.5, 0.6) is 5.75 Å². The summed E-state index contributed by atoms with van der Waals surface area (Å²) in [4.78, 5) is 4.71. The molecule has 1 N–H and O–H groups in total. The third-order valence-electron chi connectivity index (χ3n) is 4.04. The molecule has 1 aromatic heterocycles. The molecule has 2 nitrogen and oxygen atoms in total. The van der Waals surface area contributed by atoms with Gasteiger partial charge in [-0.25, -0.2) is 4.98 Å². The van der Waals surface area contributed by atoms with E-state index in [-0.39, 0.29) is 5.75 Å². The molecule has 0 atom stereocenters. The van der Waals surface area contributed by atoms with Crippen molar-refractivity contribution in [3.05, 3.63) is 83.9 Å². The third kappa shape index (κ3) is 2.61. The number of aromatic hydroxyl groups is 1. The summed E-state index contributed by atoms with van der Waals surface area (Å²) in [5.74, 6) is 0.220. The van der Waals surface area contributed by atoms with E-state index in [9.17, 15) is 5.11 Å². The van der Waals surface area contributed by atoms with Crippen molar-refractivity contribution in [2.24, 2.45) is 0 Å². The highest BCUT2D eigenvalue weighted by atomic mass is 35.5. The standard InChI is InChI=1S/C21H14ClNO/c22-15-10-11-19-18(12-15)17(14-6-2-1-3-7-14)13-20(23-19)16-8-4-5-9-21(16)24/h1-13,24H. The lowest BCUT2D eigenvalue weighted by Crippen LogP contribution is -1.90. The first-order valence-electron chi connectivity index (χ1n) is 7.66. The van der Waals surface area contributed by atoms with E-state index in [1.807, 2.05) is 54.6 Å². The summed E-state index contributed by atoms with van der Waals surface area (Å²) in [5, 5.41) is 11.9. The molecule has 0 unspecified atom stereocenters. The molecule has 0 saturated heterocycles. The molecule has 116 valence electrons. The van der Waals surface area contributed by atoms with Crippen LogP contribution in [0.3, 0.4) is 0 Å².